The highest BCUT2D eigenvalue weighted by molar-refractivity contribution is 8.00. The lowest BCUT2D eigenvalue weighted by Gasteiger charge is -2.57. The minimum atomic E-state index is -0.231. The van der Waals surface area contributed by atoms with Gasteiger partial charge in [0.15, 0.2) is 0 Å². The summed E-state index contributed by atoms with van der Waals surface area (Å²) in [5.74, 6) is 2.55. The van der Waals surface area contributed by atoms with Crippen LogP contribution in [0.15, 0.2) is 18.2 Å². The van der Waals surface area contributed by atoms with Crippen LogP contribution in [0.3, 0.4) is 0 Å². The molecule has 5 aliphatic rings. The Morgan fingerprint density at radius 2 is 2.03 bits per heavy atom. The van der Waals surface area contributed by atoms with Crippen molar-refractivity contribution in [2.24, 2.45) is 11.3 Å². The molecule has 38 heavy (non-hydrogen) atoms. The fourth-order valence-corrected chi connectivity index (χ4v) is 9.28. The van der Waals surface area contributed by atoms with Crippen LogP contribution < -0.4 is 10.1 Å². The second kappa shape index (κ2) is 11.2. The number of likely N-dealkylation sites (N-methyl/N-ethyl adjacent to an activating group) is 1. The largest absolute Gasteiger partial charge is 0.497 e. The van der Waals surface area contributed by atoms with Crippen LogP contribution in [0.1, 0.15) is 44.1 Å². The maximum Gasteiger partial charge on any atom is 0.226 e. The number of anilines is 1. The molecule has 4 atom stereocenters. The number of amides is 1. The standard InChI is InChI=1S/C29H44N4O4S/c1-3-32-12-15-38-25(32)17-31-10-8-29(9-11-31)19-33(28(35)20-6-13-37-14-7-20)24(18-34)27-26(29)22-5-4-21(36-2)16-23(22)30-27/h4-5,16,20,24-27,30,34H,3,6-15,17-19H2,1-2H3/t24-,25?,26?,27?/m0/s1. The summed E-state index contributed by atoms with van der Waals surface area (Å²) in [5.41, 5.74) is 2.42. The van der Waals surface area contributed by atoms with Gasteiger partial charge in [0.2, 0.25) is 5.91 Å². The lowest BCUT2D eigenvalue weighted by Crippen LogP contribution is -2.66. The van der Waals surface area contributed by atoms with Gasteiger partial charge in [-0.3, -0.25) is 9.69 Å². The third-order valence-electron chi connectivity index (χ3n) is 10.0. The van der Waals surface area contributed by atoms with Gasteiger partial charge >= 0.3 is 0 Å². The predicted molar refractivity (Wildman–Crippen MR) is 151 cm³/mol. The van der Waals surface area contributed by atoms with Crippen LogP contribution in [0.25, 0.3) is 0 Å². The van der Waals surface area contributed by atoms with Gasteiger partial charge < -0.3 is 29.7 Å². The highest BCUT2D eigenvalue weighted by Crippen LogP contribution is 2.57. The van der Waals surface area contributed by atoms with Crippen LogP contribution in [0.5, 0.6) is 5.75 Å². The van der Waals surface area contributed by atoms with Crippen molar-refractivity contribution < 1.29 is 19.4 Å². The van der Waals surface area contributed by atoms with E-state index in [9.17, 15) is 9.90 Å². The van der Waals surface area contributed by atoms with Gasteiger partial charge in [-0.2, -0.15) is 0 Å². The average Bonchev–Trinajstić information content (AvgIpc) is 3.58. The SMILES string of the molecule is CCN1CCSC1CN1CCC2(CC1)CN(C(=O)C1CCOCC1)[C@@H](CO)C1Nc3cc(OC)ccc3C12. The van der Waals surface area contributed by atoms with E-state index >= 15 is 0 Å². The molecule has 6 rings (SSSR count). The number of nitrogens with one attached hydrogen (secondary N) is 1. The van der Waals surface area contributed by atoms with Crippen LogP contribution in [0.4, 0.5) is 5.69 Å². The molecule has 8 nitrogen and oxygen atoms in total. The Morgan fingerprint density at radius 3 is 2.74 bits per heavy atom. The zero-order valence-electron chi connectivity index (χ0n) is 22.9. The quantitative estimate of drug-likeness (QED) is 0.566. The molecular weight excluding hydrogens is 500 g/mol. The van der Waals surface area contributed by atoms with E-state index in [1.54, 1.807) is 7.11 Å². The van der Waals surface area contributed by atoms with E-state index in [0.717, 1.165) is 69.8 Å². The van der Waals surface area contributed by atoms with E-state index < -0.39 is 0 Å². The Bertz CT molecular complexity index is 997. The molecule has 4 saturated heterocycles. The maximum atomic E-state index is 14.0. The number of piperidine rings is 2. The highest BCUT2D eigenvalue weighted by atomic mass is 32.2. The third-order valence-corrected chi connectivity index (χ3v) is 11.3. The lowest BCUT2D eigenvalue weighted by molar-refractivity contribution is -0.150. The molecule has 3 unspecified atom stereocenters. The van der Waals surface area contributed by atoms with Crippen molar-refractivity contribution in [3.8, 4) is 5.75 Å². The number of fused-ring (bicyclic) bond motifs is 4. The number of aliphatic hydroxyl groups is 1. The van der Waals surface area contributed by atoms with Gasteiger partial charge in [0, 0.05) is 62.2 Å². The van der Waals surface area contributed by atoms with Crippen molar-refractivity contribution in [1.82, 2.24) is 14.7 Å². The van der Waals surface area contributed by atoms with Crippen molar-refractivity contribution in [2.75, 3.05) is 77.3 Å². The van der Waals surface area contributed by atoms with Crippen molar-refractivity contribution in [2.45, 2.75) is 56.0 Å². The molecule has 210 valence electrons. The number of hydrogen-bond donors (Lipinski definition) is 2. The van der Waals surface area contributed by atoms with Gasteiger partial charge in [0.25, 0.3) is 0 Å². The first-order chi connectivity index (χ1) is 18.6. The topological polar surface area (TPSA) is 77.5 Å². The molecule has 1 amide bonds. The molecule has 5 heterocycles. The Balaban J connectivity index is 1.28. The van der Waals surface area contributed by atoms with Crippen LogP contribution in [-0.4, -0.2) is 115 Å². The first kappa shape index (κ1) is 26.7. The van der Waals surface area contributed by atoms with Crippen LogP contribution >= 0.6 is 11.8 Å². The van der Waals surface area contributed by atoms with E-state index in [1.807, 2.05) is 0 Å². The molecule has 0 saturated carbocycles. The summed E-state index contributed by atoms with van der Waals surface area (Å²) in [4.78, 5) is 21.3. The van der Waals surface area contributed by atoms with Gasteiger partial charge in [-0.1, -0.05) is 13.0 Å². The molecule has 0 aromatic heterocycles. The van der Waals surface area contributed by atoms with Crippen LogP contribution in [0.2, 0.25) is 0 Å². The van der Waals surface area contributed by atoms with E-state index in [4.69, 9.17) is 9.47 Å². The number of nitrogens with zero attached hydrogens (tertiary/aromatic N) is 3. The van der Waals surface area contributed by atoms with Gasteiger partial charge in [0.1, 0.15) is 5.75 Å². The molecule has 0 radical (unpaired) electrons. The van der Waals surface area contributed by atoms with Crippen molar-refractivity contribution >= 4 is 23.4 Å². The zero-order valence-corrected chi connectivity index (χ0v) is 23.8. The second-order valence-electron chi connectivity index (χ2n) is 11.8. The normalized spacial score (nSPS) is 31.7. The average molecular weight is 545 g/mol. The van der Waals surface area contributed by atoms with E-state index in [1.165, 1.54) is 17.9 Å². The minimum Gasteiger partial charge on any atom is -0.497 e. The Kier molecular flexibility index (Phi) is 7.84. The number of methoxy groups -OCH3 is 1. The summed E-state index contributed by atoms with van der Waals surface area (Å²) in [6, 6.07) is 6.15. The molecule has 1 aromatic rings. The van der Waals surface area contributed by atoms with Crippen molar-refractivity contribution in [3.63, 3.8) is 0 Å². The summed E-state index contributed by atoms with van der Waals surface area (Å²) in [7, 11) is 1.70. The third kappa shape index (κ3) is 4.72. The molecule has 9 heteroatoms. The monoisotopic (exact) mass is 544 g/mol. The Hall–Kier alpha value is -1.52. The van der Waals surface area contributed by atoms with Gasteiger partial charge in [0.05, 0.1) is 31.2 Å². The van der Waals surface area contributed by atoms with E-state index in [-0.39, 0.29) is 41.8 Å². The Labute approximate surface area is 231 Å². The number of benzene rings is 1. The first-order valence-corrected chi connectivity index (χ1v) is 15.6. The van der Waals surface area contributed by atoms with Crippen LogP contribution in [-0.2, 0) is 9.53 Å². The lowest BCUT2D eigenvalue weighted by atomic mass is 9.60. The number of carbonyl (C=O) groups excluding carboxylic acids is 1. The number of aliphatic hydroxyl groups excluding tert-OH is 1. The summed E-state index contributed by atoms with van der Waals surface area (Å²) in [6.07, 6.45) is 3.70. The van der Waals surface area contributed by atoms with Crippen molar-refractivity contribution in [3.05, 3.63) is 23.8 Å². The number of likely N-dealkylation sites (tertiary alicyclic amines) is 2. The fraction of sp³-hybridized carbons (Fsp3) is 0.759. The molecule has 0 aliphatic carbocycles. The number of ether oxygens (including phenoxy) is 2. The van der Waals surface area contributed by atoms with E-state index in [2.05, 4.69) is 56.9 Å². The highest BCUT2D eigenvalue weighted by Gasteiger charge is 2.58. The molecule has 5 aliphatic heterocycles. The maximum absolute atomic E-state index is 14.0. The molecular formula is C29H44N4O4S. The molecule has 0 bridgehead atoms. The molecule has 1 spiro atoms. The summed E-state index contributed by atoms with van der Waals surface area (Å²) < 4.78 is 11.1. The number of thioether (sulfide) groups is 1. The summed E-state index contributed by atoms with van der Waals surface area (Å²) in [5, 5.41) is 15.0. The number of rotatable bonds is 6. The first-order valence-electron chi connectivity index (χ1n) is 14.6. The smallest absolute Gasteiger partial charge is 0.226 e. The zero-order chi connectivity index (χ0) is 26.3. The van der Waals surface area contributed by atoms with Crippen LogP contribution in [0, 0.1) is 11.3 Å². The van der Waals surface area contributed by atoms with Gasteiger partial charge in [-0.25, -0.2) is 0 Å². The van der Waals surface area contributed by atoms with Gasteiger partial charge in [-0.15, -0.1) is 11.8 Å². The number of carbonyl (C=O) groups is 1. The second-order valence-corrected chi connectivity index (χ2v) is 13.1. The molecule has 4 fully saturated rings. The van der Waals surface area contributed by atoms with E-state index in [0.29, 0.717) is 18.6 Å². The minimum absolute atomic E-state index is 0.00483. The fourth-order valence-electron chi connectivity index (χ4n) is 7.88. The molecule has 2 N–H and O–H groups in total. The Morgan fingerprint density at radius 1 is 1.24 bits per heavy atom. The summed E-state index contributed by atoms with van der Waals surface area (Å²) >= 11 is 2.10. The van der Waals surface area contributed by atoms with Gasteiger partial charge in [-0.05, 0) is 62.4 Å². The summed E-state index contributed by atoms with van der Waals surface area (Å²) in [6.45, 7) is 9.85. The predicted octanol–water partition coefficient (Wildman–Crippen LogP) is 2.68. The van der Waals surface area contributed by atoms with Crippen molar-refractivity contribution in [1.29, 1.82) is 0 Å². The molecule has 1 aromatic carbocycles. The number of hydrogen-bond acceptors (Lipinski definition) is 8.